The average molecular weight is 273 g/mol. The number of hydrogen-bond acceptors (Lipinski definition) is 5. The van der Waals surface area contributed by atoms with Crippen LogP contribution in [0.2, 0.25) is 4.47 Å². The summed E-state index contributed by atoms with van der Waals surface area (Å²) in [7, 11) is 0. The van der Waals surface area contributed by atoms with E-state index in [0.717, 1.165) is 30.6 Å². The molecular formula is C11H17ClN4S. The van der Waals surface area contributed by atoms with Crippen molar-refractivity contribution in [3.05, 3.63) is 9.47 Å². The Morgan fingerprint density at radius 2 is 1.82 bits per heavy atom. The maximum absolute atomic E-state index is 5.78. The number of hydrogen-bond donors (Lipinski definition) is 0. The molecule has 17 heavy (non-hydrogen) atoms. The Kier molecular flexibility index (Phi) is 3.61. The molecule has 0 spiro atoms. The quantitative estimate of drug-likeness (QED) is 0.836. The first-order valence-electron chi connectivity index (χ1n) is 6.22. The van der Waals surface area contributed by atoms with Crippen LogP contribution in [-0.2, 0) is 6.54 Å². The van der Waals surface area contributed by atoms with Crippen molar-refractivity contribution in [3.63, 3.8) is 0 Å². The van der Waals surface area contributed by atoms with Crippen molar-refractivity contribution in [3.8, 4) is 0 Å². The third-order valence-electron chi connectivity index (χ3n) is 3.48. The molecule has 0 N–H and O–H groups in total. The van der Waals surface area contributed by atoms with Gasteiger partial charge in [0.25, 0.3) is 0 Å². The highest BCUT2D eigenvalue weighted by Crippen LogP contribution is 2.30. The normalized spacial score (nSPS) is 23.1. The van der Waals surface area contributed by atoms with Gasteiger partial charge in [0.1, 0.15) is 5.01 Å². The summed E-state index contributed by atoms with van der Waals surface area (Å²) >= 11 is 7.27. The number of halogens is 1. The molecule has 1 aromatic heterocycles. The second-order valence-electron chi connectivity index (χ2n) is 4.97. The van der Waals surface area contributed by atoms with Gasteiger partial charge in [-0.05, 0) is 30.4 Å². The van der Waals surface area contributed by atoms with Crippen molar-refractivity contribution in [2.45, 2.75) is 19.4 Å². The Balaban J connectivity index is 1.44. The average Bonchev–Trinajstić information content (AvgIpc) is 3.04. The van der Waals surface area contributed by atoms with E-state index in [9.17, 15) is 0 Å². The van der Waals surface area contributed by atoms with Gasteiger partial charge in [-0.25, -0.2) is 0 Å². The lowest BCUT2D eigenvalue weighted by Crippen LogP contribution is -2.46. The van der Waals surface area contributed by atoms with E-state index in [4.69, 9.17) is 11.6 Å². The molecule has 6 heteroatoms. The minimum Gasteiger partial charge on any atom is -0.301 e. The molecule has 2 heterocycles. The van der Waals surface area contributed by atoms with Gasteiger partial charge in [0.05, 0.1) is 6.54 Å². The molecule has 1 aliphatic heterocycles. The van der Waals surface area contributed by atoms with Crippen LogP contribution in [0, 0.1) is 5.92 Å². The highest BCUT2D eigenvalue weighted by Gasteiger charge is 2.26. The smallest absolute Gasteiger partial charge is 0.207 e. The van der Waals surface area contributed by atoms with E-state index in [0.29, 0.717) is 4.47 Å². The van der Waals surface area contributed by atoms with Gasteiger partial charge in [-0.1, -0.05) is 11.3 Å². The fourth-order valence-corrected chi connectivity index (χ4v) is 3.19. The molecule has 0 bridgehead atoms. The Morgan fingerprint density at radius 1 is 1.12 bits per heavy atom. The molecule has 94 valence electrons. The van der Waals surface area contributed by atoms with E-state index in [1.54, 1.807) is 0 Å². The fourth-order valence-electron chi connectivity index (χ4n) is 2.28. The standard InChI is InChI=1S/C11H17ClN4S/c12-11-14-13-10(17-11)8-16-5-3-15(4-6-16)7-9-1-2-9/h9H,1-8H2. The van der Waals surface area contributed by atoms with Gasteiger partial charge in [0.2, 0.25) is 4.47 Å². The van der Waals surface area contributed by atoms with Crippen molar-refractivity contribution >= 4 is 22.9 Å². The third kappa shape index (κ3) is 3.37. The predicted octanol–water partition coefficient (Wildman–Crippen LogP) is 1.72. The number of nitrogens with zero attached hydrogens (tertiary/aromatic N) is 4. The number of piperazine rings is 1. The summed E-state index contributed by atoms with van der Waals surface area (Å²) in [5.74, 6) is 1.00. The zero-order valence-corrected chi connectivity index (χ0v) is 11.4. The molecule has 0 amide bonds. The van der Waals surface area contributed by atoms with Gasteiger partial charge in [0.15, 0.2) is 0 Å². The van der Waals surface area contributed by atoms with Gasteiger partial charge >= 0.3 is 0 Å². The lowest BCUT2D eigenvalue weighted by Gasteiger charge is -2.34. The summed E-state index contributed by atoms with van der Waals surface area (Å²) in [6.07, 6.45) is 2.90. The van der Waals surface area contributed by atoms with E-state index in [1.807, 2.05) is 0 Å². The molecule has 3 rings (SSSR count). The van der Waals surface area contributed by atoms with Crippen LogP contribution in [0.5, 0.6) is 0 Å². The zero-order chi connectivity index (χ0) is 11.7. The van der Waals surface area contributed by atoms with E-state index in [-0.39, 0.29) is 0 Å². The first kappa shape index (κ1) is 11.8. The minimum absolute atomic E-state index is 0.548. The summed E-state index contributed by atoms with van der Waals surface area (Å²) in [6, 6.07) is 0. The monoisotopic (exact) mass is 272 g/mol. The minimum atomic E-state index is 0.548. The molecule has 1 saturated heterocycles. The van der Waals surface area contributed by atoms with Crippen molar-refractivity contribution in [1.29, 1.82) is 0 Å². The van der Waals surface area contributed by atoms with Gasteiger partial charge < -0.3 is 4.90 Å². The second-order valence-corrected chi connectivity index (χ2v) is 6.61. The maximum Gasteiger partial charge on any atom is 0.207 e. The van der Waals surface area contributed by atoms with E-state index >= 15 is 0 Å². The number of rotatable bonds is 4. The first-order chi connectivity index (χ1) is 8.29. The predicted molar refractivity (Wildman–Crippen MR) is 69.4 cm³/mol. The first-order valence-corrected chi connectivity index (χ1v) is 7.41. The molecule has 0 atom stereocenters. The summed E-state index contributed by atoms with van der Waals surface area (Å²) in [5, 5.41) is 8.94. The van der Waals surface area contributed by atoms with Gasteiger partial charge in [0, 0.05) is 32.7 Å². The summed E-state index contributed by atoms with van der Waals surface area (Å²) in [5.41, 5.74) is 0. The molecule has 0 unspecified atom stereocenters. The third-order valence-corrected chi connectivity index (χ3v) is 4.48. The van der Waals surface area contributed by atoms with E-state index < -0.39 is 0 Å². The van der Waals surface area contributed by atoms with Gasteiger partial charge in [-0.2, -0.15) is 0 Å². The molecule has 2 fully saturated rings. The van der Waals surface area contributed by atoms with Crippen LogP contribution >= 0.6 is 22.9 Å². The topological polar surface area (TPSA) is 32.3 Å². The SMILES string of the molecule is Clc1nnc(CN2CCN(CC3CC3)CC2)s1. The lowest BCUT2D eigenvalue weighted by molar-refractivity contribution is 0.123. The van der Waals surface area contributed by atoms with Crippen LogP contribution in [0.3, 0.4) is 0 Å². The zero-order valence-electron chi connectivity index (χ0n) is 9.81. The number of aromatic nitrogens is 2. The van der Waals surface area contributed by atoms with E-state index in [2.05, 4.69) is 20.0 Å². The molecule has 4 nitrogen and oxygen atoms in total. The molecule has 2 aliphatic rings. The highest BCUT2D eigenvalue weighted by molar-refractivity contribution is 7.15. The Bertz CT molecular complexity index is 371. The van der Waals surface area contributed by atoms with E-state index in [1.165, 1.54) is 43.8 Å². The van der Waals surface area contributed by atoms with Crippen LogP contribution in [0.25, 0.3) is 0 Å². The van der Waals surface area contributed by atoms with Crippen molar-refractivity contribution < 1.29 is 0 Å². The van der Waals surface area contributed by atoms with Gasteiger partial charge in [-0.15, -0.1) is 10.2 Å². The Morgan fingerprint density at radius 3 is 2.41 bits per heavy atom. The second kappa shape index (κ2) is 5.18. The van der Waals surface area contributed by atoms with Gasteiger partial charge in [-0.3, -0.25) is 4.90 Å². The molecule has 0 radical (unpaired) electrons. The largest absolute Gasteiger partial charge is 0.301 e. The lowest BCUT2D eigenvalue weighted by atomic mass is 10.3. The van der Waals surface area contributed by atoms with Crippen molar-refractivity contribution in [1.82, 2.24) is 20.0 Å². The van der Waals surface area contributed by atoms with Crippen LogP contribution < -0.4 is 0 Å². The molecular weight excluding hydrogens is 256 g/mol. The maximum atomic E-state index is 5.78. The molecule has 1 saturated carbocycles. The van der Waals surface area contributed by atoms with Crippen LogP contribution in [0.4, 0.5) is 0 Å². The Labute approximate surface area is 111 Å². The van der Waals surface area contributed by atoms with Crippen molar-refractivity contribution in [2.24, 2.45) is 5.92 Å². The summed E-state index contributed by atoms with van der Waals surface area (Å²) < 4.78 is 0.548. The molecule has 1 aromatic rings. The van der Waals surface area contributed by atoms with Crippen LogP contribution in [-0.4, -0.2) is 52.7 Å². The summed E-state index contributed by atoms with van der Waals surface area (Å²) in [4.78, 5) is 5.04. The Hall–Kier alpha value is -0.230. The van der Waals surface area contributed by atoms with Crippen molar-refractivity contribution in [2.75, 3.05) is 32.7 Å². The van der Waals surface area contributed by atoms with Crippen LogP contribution in [0.15, 0.2) is 0 Å². The summed E-state index contributed by atoms with van der Waals surface area (Å²) in [6.45, 7) is 6.90. The van der Waals surface area contributed by atoms with Crippen LogP contribution in [0.1, 0.15) is 17.8 Å². The molecule has 0 aromatic carbocycles. The highest BCUT2D eigenvalue weighted by atomic mass is 35.5. The fraction of sp³-hybridized carbons (Fsp3) is 0.818. The molecule has 1 aliphatic carbocycles.